The van der Waals surface area contributed by atoms with E-state index in [0.717, 1.165) is 23.6 Å². The fraction of sp³-hybridized carbons (Fsp3) is 0.0588. The van der Waals surface area contributed by atoms with Crippen molar-refractivity contribution in [1.29, 1.82) is 0 Å². The monoisotopic (exact) mass is 464 g/mol. The van der Waals surface area contributed by atoms with E-state index >= 15 is 0 Å². The standard InChI is InChI=1S/C34H28N2/c1-2-35-33-16-10-9-15-31(33)32-25-30(23-24-34(32)35)36(28-13-7-4-8-14-28)29-21-19-27(20-22-29)18-17-26-11-5-3-6-12-26/h3-25H,2H2,1H3. The zero-order valence-corrected chi connectivity index (χ0v) is 20.4. The van der Waals surface area contributed by atoms with Gasteiger partial charge in [-0.1, -0.05) is 91.0 Å². The summed E-state index contributed by atoms with van der Waals surface area (Å²) in [5.74, 6) is 0. The lowest BCUT2D eigenvalue weighted by Gasteiger charge is -2.25. The average Bonchev–Trinajstić information content (AvgIpc) is 3.27. The Labute approximate surface area is 212 Å². The van der Waals surface area contributed by atoms with Gasteiger partial charge in [-0.25, -0.2) is 0 Å². The lowest BCUT2D eigenvalue weighted by molar-refractivity contribution is 0.827. The minimum Gasteiger partial charge on any atom is -0.341 e. The van der Waals surface area contributed by atoms with Crippen molar-refractivity contribution < 1.29 is 0 Å². The van der Waals surface area contributed by atoms with Gasteiger partial charge in [0, 0.05) is 45.4 Å². The number of rotatable bonds is 6. The van der Waals surface area contributed by atoms with Crippen LogP contribution in [0.1, 0.15) is 18.1 Å². The van der Waals surface area contributed by atoms with E-state index in [2.05, 4.69) is 150 Å². The molecular weight excluding hydrogens is 436 g/mol. The Morgan fingerprint density at radius 3 is 1.81 bits per heavy atom. The Morgan fingerprint density at radius 2 is 1.08 bits per heavy atom. The molecule has 0 atom stereocenters. The molecule has 0 aliphatic heterocycles. The van der Waals surface area contributed by atoms with Crippen LogP contribution in [0.5, 0.6) is 0 Å². The van der Waals surface area contributed by atoms with Crippen LogP contribution in [0.15, 0.2) is 127 Å². The van der Waals surface area contributed by atoms with E-state index in [1.54, 1.807) is 0 Å². The highest BCUT2D eigenvalue weighted by molar-refractivity contribution is 6.09. The third-order valence-electron chi connectivity index (χ3n) is 6.76. The Kier molecular flexibility index (Phi) is 5.85. The molecule has 0 amide bonds. The number of anilines is 3. The molecule has 0 radical (unpaired) electrons. The molecule has 1 heterocycles. The number of aryl methyl sites for hydroxylation is 1. The molecule has 5 aromatic carbocycles. The first-order valence-corrected chi connectivity index (χ1v) is 12.5. The molecule has 0 aliphatic rings. The van der Waals surface area contributed by atoms with Gasteiger partial charge in [-0.3, -0.25) is 0 Å². The Hall–Kier alpha value is -4.56. The number of para-hydroxylation sites is 2. The highest BCUT2D eigenvalue weighted by Gasteiger charge is 2.15. The maximum absolute atomic E-state index is 2.40. The lowest BCUT2D eigenvalue weighted by Crippen LogP contribution is -2.09. The summed E-state index contributed by atoms with van der Waals surface area (Å²) in [5, 5.41) is 2.58. The zero-order valence-electron chi connectivity index (χ0n) is 20.4. The molecule has 0 saturated heterocycles. The number of hydrogen-bond donors (Lipinski definition) is 0. The van der Waals surface area contributed by atoms with Crippen LogP contribution in [0.2, 0.25) is 0 Å². The quantitative estimate of drug-likeness (QED) is 0.223. The van der Waals surface area contributed by atoms with Crippen molar-refractivity contribution in [2.45, 2.75) is 13.5 Å². The van der Waals surface area contributed by atoms with Crippen LogP contribution in [0.4, 0.5) is 17.1 Å². The molecule has 0 unspecified atom stereocenters. The van der Waals surface area contributed by atoms with Gasteiger partial charge in [0.15, 0.2) is 0 Å². The third-order valence-corrected chi connectivity index (χ3v) is 6.76. The smallest absolute Gasteiger partial charge is 0.0492 e. The number of hydrogen-bond acceptors (Lipinski definition) is 1. The molecule has 1 aromatic heterocycles. The van der Waals surface area contributed by atoms with Crippen molar-refractivity contribution in [2.75, 3.05) is 4.90 Å². The molecule has 0 aliphatic carbocycles. The van der Waals surface area contributed by atoms with Crippen LogP contribution in [0.25, 0.3) is 34.0 Å². The lowest BCUT2D eigenvalue weighted by atomic mass is 10.1. The van der Waals surface area contributed by atoms with Crippen LogP contribution in [-0.2, 0) is 6.54 Å². The first-order valence-electron chi connectivity index (χ1n) is 12.5. The summed E-state index contributed by atoms with van der Waals surface area (Å²) in [6, 6.07) is 45.3. The minimum absolute atomic E-state index is 0.948. The van der Waals surface area contributed by atoms with Crippen molar-refractivity contribution in [2.24, 2.45) is 0 Å². The van der Waals surface area contributed by atoms with Crippen LogP contribution < -0.4 is 4.90 Å². The SMILES string of the molecule is CCn1c2ccccc2c2cc(N(c3ccccc3)c3ccc(C=Cc4ccccc4)cc3)ccc21. The second kappa shape index (κ2) is 9.59. The molecule has 0 saturated carbocycles. The number of aromatic nitrogens is 1. The van der Waals surface area contributed by atoms with Gasteiger partial charge in [-0.2, -0.15) is 0 Å². The van der Waals surface area contributed by atoms with Gasteiger partial charge in [0.2, 0.25) is 0 Å². The zero-order chi connectivity index (χ0) is 24.3. The fourth-order valence-corrected chi connectivity index (χ4v) is 5.04. The fourth-order valence-electron chi connectivity index (χ4n) is 5.04. The summed E-state index contributed by atoms with van der Waals surface area (Å²) >= 11 is 0. The molecular formula is C34H28N2. The molecule has 0 bridgehead atoms. The molecule has 36 heavy (non-hydrogen) atoms. The van der Waals surface area contributed by atoms with Gasteiger partial charge in [-0.05, 0) is 66.6 Å². The molecule has 0 fully saturated rings. The van der Waals surface area contributed by atoms with Crippen LogP contribution in [0.3, 0.4) is 0 Å². The maximum Gasteiger partial charge on any atom is 0.0492 e. The molecule has 6 aromatic rings. The van der Waals surface area contributed by atoms with E-state index in [4.69, 9.17) is 0 Å². The summed E-state index contributed by atoms with van der Waals surface area (Å²) in [6.45, 7) is 3.16. The summed E-state index contributed by atoms with van der Waals surface area (Å²) in [6.07, 6.45) is 4.32. The van der Waals surface area contributed by atoms with Crippen molar-refractivity contribution in [3.8, 4) is 0 Å². The van der Waals surface area contributed by atoms with Gasteiger partial charge >= 0.3 is 0 Å². The van der Waals surface area contributed by atoms with Crippen LogP contribution in [-0.4, -0.2) is 4.57 Å². The average molecular weight is 465 g/mol. The van der Waals surface area contributed by atoms with Gasteiger partial charge < -0.3 is 9.47 Å². The predicted molar refractivity (Wildman–Crippen MR) is 155 cm³/mol. The van der Waals surface area contributed by atoms with E-state index in [-0.39, 0.29) is 0 Å². The first-order chi connectivity index (χ1) is 17.8. The largest absolute Gasteiger partial charge is 0.341 e. The summed E-state index contributed by atoms with van der Waals surface area (Å²) < 4.78 is 2.40. The number of nitrogens with zero attached hydrogens (tertiary/aromatic N) is 2. The highest BCUT2D eigenvalue weighted by atomic mass is 15.1. The van der Waals surface area contributed by atoms with Gasteiger partial charge in [0.25, 0.3) is 0 Å². The van der Waals surface area contributed by atoms with Crippen LogP contribution in [0, 0.1) is 0 Å². The number of fused-ring (bicyclic) bond motifs is 3. The molecule has 2 nitrogen and oxygen atoms in total. The second-order valence-corrected chi connectivity index (χ2v) is 8.97. The van der Waals surface area contributed by atoms with E-state index in [1.165, 1.54) is 32.9 Å². The molecule has 0 N–H and O–H groups in total. The van der Waals surface area contributed by atoms with Gasteiger partial charge in [0.1, 0.15) is 0 Å². The maximum atomic E-state index is 2.40. The summed E-state index contributed by atoms with van der Waals surface area (Å²) in [5.41, 5.74) is 8.37. The van der Waals surface area contributed by atoms with E-state index in [1.807, 2.05) is 6.07 Å². The molecule has 6 rings (SSSR count). The summed E-state index contributed by atoms with van der Waals surface area (Å²) in [4.78, 5) is 2.34. The summed E-state index contributed by atoms with van der Waals surface area (Å²) in [7, 11) is 0. The molecule has 2 heteroatoms. The van der Waals surface area contributed by atoms with Crippen molar-refractivity contribution >= 4 is 51.0 Å². The molecule has 174 valence electrons. The Morgan fingerprint density at radius 1 is 0.528 bits per heavy atom. The second-order valence-electron chi connectivity index (χ2n) is 8.97. The Balaban J connectivity index is 1.43. The first kappa shape index (κ1) is 21.9. The van der Waals surface area contributed by atoms with Crippen molar-refractivity contribution in [3.05, 3.63) is 139 Å². The van der Waals surface area contributed by atoms with E-state index in [0.29, 0.717) is 0 Å². The van der Waals surface area contributed by atoms with Gasteiger partial charge in [0.05, 0.1) is 0 Å². The third kappa shape index (κ3) is 4.08. The normalized spacial score (nSPS) is 11.5. The molecule has 0 spiro atoms. The van der Waals surface area contributed by atoms with E-state index in [9.17, 15) is 0 Å². The predicted octanol–water partition coefficient (Wildman–Crippen LogP) is 9.45. The van der Waals surface area contributed by atoms with Crippen molar-refractivity contribution in [1.82, 2.24) is 4.57 Å². The van der Waals surface area contributed by atoms with Crippen molar-refractivity contribution in [3.63, 3.8) is 0 Å². The van der Waals surface area contributed by atoms with E-state index < -0.39 is 0 Å². The topological polar surface area (TPSA) is 8.17 Å². The van der Waals surface area contributed by atoms with Crippen LogP contribution >= 0.6 is 0 Å². The Bertz CT molecular complexity index is 1640. The highest BCUT2D eigenvalue weighted by Crippen LogP contribution is 2.38. The minimum atomic E-state index is 0.948. The van der Waals surface area contributed by atoms with Gasteiger partial charge in [-0.15, -0.1) is 0 Å². The number of benzene rings is 5.